The molecular formula is C11H18N2. The van der Waals surface area contributed by atoms with Crippen molar-refractivity contribution in [2.24, 2.45) is 11.7 Å². The maximum Gasteiger partial charge on any atom is 0.0368 e. The molecule has 0 saturated heterocycles. The molecule has 0 heterocycles. The predicted molar refractivity (Wildman–Crippen MR) is 55.2 cm³/mol. The van der Waals surface area contributed by atoms with Crippen LogP contribution in [-0.4, -0.2) is 12.1 Å². The number of nitrogens with one attached hydrogen (secondary N) is 1. The van der Waals surface area contributed by atoms with Crippen molar-refractivity contribution in [3.8, 4) is 0 Å². The SMILES string of the molecule is CC1(N)C=CC=C(NCC2CC2)C1. The van der Waals surface area contributed by atoms with Crippen LogP contribution in [0.4, 0.5) is 0 Å². The van der Waals surface area contributed by atoms with Crippen LogP contribution >= 0.6 is 0 Å². The molecule has 2 aliphatic rings. The summed E-state index contributed by atoms with van der Waals surface area (Å²) in [6.45, 7) is 3.20. The van der Waals surface area contributed by atoms with Gasteiger partial charge in [0.1, 0.15) is 0 Å². The largest absolute Gasteiger partial charge is 0.388 e. The Morgan fingerprint density at radius 1 is 1.62 bits per heavy atom. The Kier molecular flexibility index (Phi) is 2.16. The summed E-state index contributed by atoms with van der Waals surface area (Å²) in [4.78, 5) is 0. The summed E-state index contributed by atoms with van der Waals surface area (Å²) in [7, 11) is 0. The summed E-state index contributed by atoms with van der Waals surface area (Å²) in [6.07, 6.45) is 9.99. The molecule has 0 radical (unpaired) electrons. The van der Waals surface area contributed by atoms with Crippen molar-refractivity contribution in [3.63, 3.8) is 0 Å². The van der Waals surface area contributed by atoms with Gasteiger partial charge in [-0.3, -0.25) is 0 Å². The number of rotatable bonds is 3. The van der Waals surface area contributed by atoms with Crippen molar-refractivity contribution < 1.29 is 0 Å². The Balaban J connectivity index is 1.84. The number of hydrogen-bond acceptors (Lipinski definition) is 2. The number of hydrogen-bond donors (Lipinski definition) is 2. The van der Waals surface area contributed by atoms with E-state index in [1.807, 2.05) is 0 Å². The van der Waals surface area contributed by atoms with Crippen LogP contribution in [0.2, 0.25) is 0 Å². The van der Waals surface area contributed by atoms with Gasteiger partial charge in [-0.15, -0.1) is 0 Å². The molecule has 0 amide bonds. The molecule has 0 aromatic heterocycles. The Hall–Kier alpha value is -0.760. The van der Waals surface area contributed by atoms with Crippen LogP contribution in [0.25, 0.3) is 0 Å². The van der Waals surface area contributed by atoms with Crippen LogP contribution in [0.1, 0.15) is 26.2 Å². The van der Waals surface area contributed by atoms with E-state index in [-0.39, 0.29) is 5.54 Å². The van der Waals surface area contributed by atoms with Crippen molar-refractivity contribution in [1.82, 2.24) is 5.32 Å². The van der Waals surface area contributed by atoms with E-state index < -0.39 is 0 Å². The fraction of sp³-hybridized carbons (Fsp3) is 0.636. The van der Waals surface area contributed by atoms with Crippen molar-refractivity contribution in [2.45, 2.75) is 31.7 Å². The first-order valence-electron chi connectivity index (χ1n) is 5.07. The van der Waals surface area contributed by atoms with Crippen LogP contribution in [0.15, 0.2) is 23.9 Å². The van der Waals surface area contributed by atoms with Crippen molar-refractivity contribution in [1.29, 1.82) is 0 Å². The minimum absolute atomic E-state index is 0.152. The van der Waals surface area contributed by atoms with E-state index in [1.54, 1.807) is 0 Å². The van der Waals surface area contributed by atoms with Gasteiger partial charge in [-0.05, 0) is 31.8 Å². The number of allylic oxidation sites excluding steroid dienone is 2. The first-order valence-corrected chi connectivity index (χ1v) is 5.07. The second-order valence-corrected chi connectivity index (χ2v) is 4.56. The highest BCUT2D eigenvalue weighted by atomic mass is 14.9. The second-order valence-electron chi connectivity index (χ2n) is 4.56. The van der Waals surface area contributed by atoms with E-state index >= 15 is 0 Å². The van der Waals surface area contributed by atoms with E-state index in [9.17, 15) is 0 Å². The van der Waals surface area contributed by atoms with Crippen molar-refractivity contribution >= 4 is 0 Å². The van der Waals surface area contributed by atoms with Crippen LogP contribution in [0.3, 0.4) is 0 Å². The van der Waals surface area contributed by atoms with Gasteiger partial charge in [-0.2, -0.15) is 0 Å². The minimum Gasteiger partial charge on any atom is -0.388 e. The zero-order valence-electron chi connectivity index (χ0n) is 8.22. The molecule has 0 aromatic rings. The molecule has 2 nitrogen and oxygen atoms in total. The van der Waals surface area contributed by atoms with Gasteiger partial charge < -0.3 is 11.1 Å². The van der Waals surface area contributed by atoms with Gasteiger partial charge in [0, 0.05) is 24.2 Å². The van der Waals surface area contributed by atoms with Gasteiger partial charge in [0.25, 0.3) is 0 Å². The number of nitrogens with two attached hydrogens (primary N) is 1. The Morgan fingerprint density at radius 2 is 2.38 bits per heavy atom. The van der Waals surface area contributed by atoms with Crippen molar-refractivity contribution in [2.75, 3.05) is 6.54 Å². The zero-order chi connectivity index (χ0) is 9.31. The molecule has 13 heavy (non-hydrogen) atoms. The third-order valence-electron chi connectivity index (χ3n) is 2.66. The standard InChI is InChI=1S/C11H18N2/c1-11(12)6-2-3-10(7-11)13-8-9-4-5-9/h2-3,6,9,13H,4-5,7-8,12H2,1H3. The Labute approximate surface area is 79.9 Å². The minimum atomic E-state index is -0.152. The molecule has 0 aromatic carbocycles. The average Bonchev–Trinajstić information content (AvgIpc) is 2.82. The Morgan fingerprint density at radius 3 is 3.00 bits per heavy atom. The lowest BCUT2D eigenvalue weighted by atomic mass is 9.93. The molecule has 2 rings (SSSR count). The van der Waals surface area contributed by atoms with Gasteiger partial charge in [0.15, 0.2) is 0 Å². The molecule has 2 aliphatic carbocycles. The normalized spacial score (nSPS) is 32.9. The van der Waals surface area contributed by atoms with Crippen LogP contribution in [0, 0.1) is 5.92 Å². The van der Waals surface area contributed by atoms with Crippen LogP contribution in [0.5, 0.6) is 0 Å². The Bertz CT molecular complexity index is 247. The third-order valence-corrected chi connectivity index (χ3v) is 2.66. The summed E-state index contributed by atoms with van der Waals surface area (Å²) in [5.41, 5.74) is 7.16. The van der Waals surface area contributed by atoms with Crippen molar-refractivity contribution in [3.05, 3.63) is 23.9 Å². The molecule has 1 fully saturated rings. The quantitative estimate of drug-likeness (QED) is 0.688. The van der Waals surface area contributed by atoms with E-state index in [0.29, 0.717) is 0 Å². The lowest BCUT2D eigenvalue weighted by Gasteiger charge is -2.25. The maximum atomic E-state index is 6.02. The van der Waals surface area contributed by atoms with Crippen LogP contribution in [-0.2, 0) is 0 Å². The van der Waals surface area contributed by atoms with E-state index in [0.717, 1.165) is 18.9 Å². The first-order chi connectivity index (χ1) is 6.16. The zero-order valence-corrected chi connectivity index (χ0v) is 8.22. The predicted octanol–water partition coefficient (Wildman–Crippen LogP) is 1.55. The molecule has 0 spiro atoms. The smallest absolute Gasteiger partial charge is 0.0368 e. The molecule has 1 atom stereocenters. The molecule has 0 aliphatic heterocycles. The summed E-state index contributed by atoms with van der Waals surface area (Å²) < 4.78 is 0. The lowest BCUT2D eigenvalue weighted by Crippen LogP contribution is -2.37. The fourth-order valence-corrected chi connectivity index (χ4v) is 1.63. The van der Waals surface area contributed by atoms with Gasteiger partial charge in [0.2, 0.25) is 0 Å². The molecule has 0 bridgehead atoms. The summed E-state index contributed by atoms with van der Waals surface area (Å²) in [6, 6.07) is 0. The molecule has 1 saturated carbocycles. The highest BCUT2D eigenvalue weighted by molar-refractivity contribution is 5.24. The monoisotopic (exact) mass is 178 g/mol. The van der Waals surface area contributed by atoms with Gasteiger partial charge in [0.05, 0.1) is 0 Å². The third kappa shape index (κ3) is 2.59. The highest BCUT2D eigenvalue weighted by Crippen LogP contribution is 2.28. The van der Waals surface area contributed by atoms with Crippen LogP contribution < -0.4 is 11.1 Å². The van der Waals surface area contributed by atoms with E-state index in [4.69, 9.17) is 5.73 Å². The molecule has 72 valence electrons. The van der Waals surface area contributed by atoms with E-state index in [1.165, 1.54) is 18.5 Å². The maximum absolute atomic E-state index is 6.02. The fourth-order valence-electron chi connectivity index (χ4n) is 1.63. The average molecular weight is 178 g/mol. The molecule has 2 heteroatoms. The summed E-state index contributed by atoms with van der Waals surface area (Å²) in [5, 5.41) is 3.47. The van der Waals surface area contributed by atoms with Gasteiger partial charge in [-0.25, -0.2) is 0 Å². The van der Waals surface area contributed by atoms with Gasteiger partial charge >= 0.3 is 0 Å². The topological polar surface area (TPSA) is 38.0 Å². The van der Waals surface area contributed by atoms with Gasteiger partial charge in [-0.1, -0.05) is 12.2 Å². The summed E-state index contributed by atoms with van der Waals surface area (Å²) in [5.74, 6) is 0.927. The summed E-state index contributed by atoms with van der Waals surface area (Å²) >= 11 is 0. The second kappa shape index (κ2) is 3.18. The first kappa shape index (κ1) is 8.82. The highest BCUT2D eigenvalue weighted by Gasteiger charge is 2.23. The van der Waals surface area contributed by atoms with E-state index in [2.05, 4.69) is 30.5 Å². The molecule has 1 unspecified atom stereocenters. The molecular weight excluding hydrogens is 160 g/mol. The molecule has 3 N–H and O–H groups in total. The lowest BCUT2D eigenvalue weighted by molar-refractivity contribution is 0.539.